The first-order valence-corrected chi connectivity index (χ1v) is 16.3. The van der Waals surface area contributed by atoms with Crippen molar-refractivity contribution in [3.8, 4) is 5.75 Å². The van der Waals surface area contributed by atoms with Crippen LogP contribution in [0.1, 0.15) is 31.4 Å². The summed E-state index contributed by atoms with van der Waals surface area (Å²) < 4.78 is 48.5. The number of ether oxygens (including phenoxy) is 1. The van der Waals surface area contributed by atoms with E-state index in [9.17, 15) is 22.4 Å². The fourth-order valence-electron chi connectivity index (χ4n) is 4.83. The second-order valence-corrected chi connectivity index (χ2v) is 12.3. The van der Waals surface area contributed by atoms with Crippen LogP contribution in [-0.2, 0) is 32.6 Å². The van der Waals surface area contributed by atoms with E-state index in [2.05, 4.69) is 5.32 Å². The van der Waals surface area contributed by atoms with E-state index in [1.807, 2.05) is 44.2 Å². The van der Waals surface area contributed by atoms with Crippen LogP contribution in [0.15, 0.2) is 114 Å². The standard InChI is InChI=1S/C35H38FN3O5S/c1-3-23-37-35(41)33(24-27-11-7-5-8-12-27)38(25-28-15-17-29(36)18-16-28)34(40)26-39(30-13-9-6-10-14-30)45(42,43)32-21-19-31(20-22-32)44-4-2/h5-22,33H,3-4,23-26H2,1-2H3,(H,37,41). The molecule has 4 rings (SSSR count). The molecule has 8 nitrogen and oxygen atoms in total. The summed E-state index contributed by atoms with van der Waals surface area (Å²) in [5.74, 6) is -0.872. The maximum absolute atomic E-state index is 14.4. The molecule has 0 saturated heterocycles. The van der Waals surface area contributed by atoms with E-state index < -0.39 is 34.3 Å². The van der Waals surface area contributed by atoms with Crippen LogP contribution < -0.4 is 14.4 Å². The molecule has 1 unspecified atom stereocenters. The van der Waals surface area contributed by atoms with Crippen LogP contribution in [0.3, 0.4) is 0 Å². The van der Waals surface area contributed by atoms with Crippen molar-refractivity contribution in [3.63, 3.8) is 0 Å². The molecule has 1 N–H and O–H groups in total. The molecular weight excluding hydrogens is 593 g/mol. The van der Waals surface area contributed by atoms with E-state index in [-0.39, 0.29) is 29.5 Å². The molecule has 0 spiro atoms. The fourth-order valence-corrected chi connectivity index (χ4v) is 6.25. The molecule has 4 aromatic rings. The molecule has 0 aromatic heterocycles. The van der Waals surface area contributed by atoms with E-state index in [1.165, 1.54) is 29.2 Å². The van der Waals surface area contributed by atoms with Gasteiger partial charge in [-0.3, -0.25) is 13.9 Å². The van der Waals surface area contributed by atoms with Crippen LogP contribution in [-0.4, -0.2) is 50.9 Å². The summed E-state index contributed by atoms with van der Waals surface area (Å²) in [5.41, 5.74) is 1.70. The highest BCUT2D eigenvalue weighted by atomic mass is 32.2. The first kappa shape index (κ1) is 33.2. The van der Waals surface area contributed by atoms with Gasteiger partial charge < -0.3 is 15.0 Å². The van der Waals surface area contributed by atoms with E-state index in [4.69, 9.17) is 4.74 Å². The zero-order chi connectivity index (χ0) is 32.2. The van der Waals surface area contributed by atoms with Gasteiger partial charge in [0.25, 0.3) is 10.0 Å². The Bertz CT molecular complexity index is 1630. The van der Waals surface area contributed by atoms with Crippen molar-refractivity contribution in [2.45, 2.75) is 44.2 Å². The highest BCUT2D eigenvalue weighted by Gasteiger charge is 2.34. The third kappa shape index (κ3) is 8.92. The molecule has 0 fully saturated rings. The predicted octanol–water partition coefficient (Wildman–Crippen LogP) is 5.59. The molecule has 45 heavy (non-hydrogen) atoms. The monoisotopic (exact) mass is 631 g/mol. The highest BCUT2D eigenvalue weighted by Crippen LogP contribution is 2.26. The van der Waals surface area contributed by atoms with E-state index in [1.54, 1.807) is 54.6 Å². The third-order valence-electron chi connectivity index (χ3n) is 7.13. The van der Waals surface area contributed by atoms with Gasteiger partial charge in [-0.25, -0.2) is 12.8 Å². The number of para-hydroxylation sites is 1. The lowest BCUT2D eigenvalue weighted by molar-refractivity contribution is -0.140. The predicted molar refractivity (Wildman–Crippen MR) is 173 cm³/mol. The Morgan fingerprint density at radius 1 is 0.822 bits per heavy atom. The van der Waals surface area contributed by atoms with Crippen LogP contribution in [0, 0.1) is 5.82 Å². The number of anilines is 1. The number of amides is 2. The van der Waals surface area contributed by atoms with Gasteiger partial charge in [-0.15, -0.1) is 0 Å². The molecule has 236 valence electrons. The summed E-state index contributed by atoms with van der Waals surface area (Å²) >= 11 is 0. The minimum Gasteiger partial charge on any atom is -0.494 e. The number of hydrogen-bond acceptors (Lipinski definition) is 5. The molecule has 0 bridgehead atoms. The molecule has 4 aromatic carbocycles. The molecule has 0 aliphatic carbocycles. The average Bonchev–Trinajstić information content (AvgIpc) is 3.06. The van der Waals surface area contributed by atoms with Crippen LogP contribution in [0.2, 0.25) is 0 Å². The lowest BCUT2D eigenvalue weighted by Crippen LogP contribution is -2.53. The minimum atomic E-state index is -4.23. The Kier molecular flexibility index (Phi) is 11.7. The van der Waals surface area contributed by atoms with Crippen molar-refractivity contribution in [2.75, 3.05) is 24.0 Å². The summed E-state index contributed by atoms with van der Waals surface area (Å²) in [6, 6.07) is 28.3. The zero-order valence-corrected chi connectivity index (χ0v) is 26.3. The molecule has 0 saturated carbocycles. The van der Waals surface area contributed by atoms with Crippen molar-refractivity contribution in [2.24, 2.45) is 0 Å². The second kappa shape index (κ2) is 15.9. The number of halogens is 1. The van der Waals surface area contributed by atoms with Crippen molar-refractivity contribution in [1.29, 1.82) is 0 Å². The summed E-state index contributed by atoms with van der Waals surface area (Å²) in [6.45, 7) is 3.98. The van der Waals surface area contributed by atoms with Gasteiger partial charge in [0.15, 0.2) is 0 Å². The molecule has 2 amide bonds. The van der Waals surface area contributed by atoms with Crippen LogP contribution in [0.5, 0.6) is 5.75 Å². The highest BCUT2D eigenvalue weighted by molar-refractivity contribution is 7.92. The van der Waals surface area contributed by atoms with Gasteiger partial charge in [0.2, 0.25) is 11.8 Å². The number of nitrogens with one attached hydrogen (secondary N) is 1. The van der Waals surface area contributed by atoms with Crippen LogP contribution >= 0.6 is 0 Å². The number of sulfonamides is 1. The normalized spacial score (nSPS) is 11.8. The molecule has 0 radical (unpaired) electrons. The molecular formula is C35H38FN3O5S. The topological polar surface area (TPSA) is 96.0 Å². The summed E-state index contributed by atoms with van der Waals surface area (Å²) in [6.07, 6.45) is 0.887. The summed E-state index contributed by atoms with van der Waals surface area (Å²) in [5, 5.41) is 2.90. The maximum Gasteiger partial charge on any atom is 0.264 e. The Morgan fingerprint density at radius 3 is 2.04 bits per heavy atom. The quantitative estimate of drug-likeness (QED) is 0.185. The minimum absolute atomic E-state index is 0.0192. The summed E-state index contributed by atoms with van der Waals surface area (Å²) in [7, 11) is -4.23. The van der Waals surface area contributed by atoms with Crippen LogP contribution in [0.25, 0.3) is 0 Å². The van der Waals surface area contributed by atoms with E-state index in [0.29, 0.717) is 30.9 Å². The lowest BCUT2D eigenvalue weighted by Gasteiger charge is -2.34. The maximum atomic E-state index is 14.4. The van der Waals surface area contributed by atoms with Crippen molar-refractivity contribution in [1.82, 2.24) is 10.2 Å². The summed E-state index contributed by atoms with van der Waals surface area (Å²) in [4.78, 5) is 29.4. The van der Waals surface area contributed by atoms with E-state index >= 15 is 0 Å². The first-order chi connectivity index (χ1) is 21.7. The molecule has 0 aliphatic heterocycles. The van der Waals surface area contributed by atoms with Gasteiger partial charge >= 0.3 is 0 Å². The van der Waals surface area contributed by atoms with Crippen molar-refractivity contribution in [3.05, 3.63) is 126 Å². The lowest BCUT2D eigenvalue weighted by atomic mass is 10.0. The van der Waals surface area contributed by atoms with Gasteiger partial charge in [-0.1, -0.05) is 67.6 Å². The Morgan fingerprint density at radius 2 is 1.44 bits per heavy atom. The van der Waals surface area contributed by atoms with Gasteiger partial charge in [0.1, 0.15) is 24.2 Å². The van der Waals surface area contributed by atoms with Crippen LogP contribution in [0.4, 0.5) is 10.1 Å². The SMILES string of the molecule is CCCNC(=O)C(Cc1ccccc1)N(Cc1ccc(F)cc1)C(=O)CN(c1ccccc1)S(=O)(=O)c1ccc(OCC)cc1. The molecule has 1 atom stereocenters. The molecule has 0 aliphatic rings. The number of rotatable bonds is 15. The second-order valence-electron chi connectivity index (χ2n) is 10.4. The van der Waals surface area contributed by atoms with E-state index in [0.717, 1.165) is 9.87 Å². The number of carbonyl (C=O) groups excluding carboxylic acids is 2. The third-order valence-corrected chi connectivity index (χ3v) is 8.92. The largest absolute Gasteiger partial charge is 0.494 e. The molecule has 10 heteroatoms. The Balaban J connectivity index is 1.76. The number of nitrogens with zero attached hydrogens (tertiary/aromatic N) is 2. The van der Waals surface area contributed by atoms with Crippen molar-refractivity contribution < 1.29 is 27.1 Å². The fraction of sp³-hybridized carbons (Fsp3) is 0.257. The Labute approximate surface area is 264 Å². The van der Waals surface area contributed by atoms with Gasteiger partial charge in [0, 0.05) is 19.5 Å². The zero-order valence-electron chi connectivity index (χ0n) is 25.4. The van der Waals surface area contributed by atoms with Gasteiger partial charge in [-0.05, 0) is 73.0 Å². The van der Waals surface area contributed by atoms with Gasteiger partial charge in [-0.2, -0.15) is 0 Å². The molecule has 0 heterocycles. The number of benzene rings is 4. The average molecular weight is 632 g/mol. The number of carbonyl (C=O) groups is 2. The first-order valence-electron chi connectivity index (χ1n) is 14.9. The van der Waals surface area contributed by atoms with Crippen molar-refractivity contribution >= 4 is 27.5 Å². The van der Waals surface area contributed by atoms with Gasteiger partial charge in [0.05, 0.1) is 17.2 Å². The Hall–Kier alpha value is -4.70. The smallest absolute Gasteiger partial charge is 0.264 e. The number of hydrogen-bond donors (Lipinski definition) is 1.